The highest BCUT2D eigenvalue weighted by Crippen LogP contribution is 2.40. The van der Waals surface area contributed by atoms with E-state index < -0.39 is 34.6 Å². The summed E-state index contributed by atoms with van der Waals surface area (Å²) in [7, 11) is 0. The Morgan fingerprint density at radius 2 is 2.09 bits per heavy atom. The van der Waals surface area contributed by atoms with Crippen LogP contribution in [-0.4, -0.2) is 34.7 Å². The molecule has 2 aliphatic rings. The summed E-state index contributed by atoms with van der Waals surface area (Å²) in [5, 5.41) is 20.0. The van der Waals surface area contributed by atoms with Gasteiger partial charge in [-0.3, -0.25) is 20.5 Å². The Kier molecular flexibility index (Phi) is 4.88. The largest absolute Gasteiger partial charge is 0.375 e. The smallest absolute Gasteiger partial charge is 0.338 e. The maximum atomic E-state index is 12.9. The van der Waals surface area contributed by atoms with Gasteiger partial charge in [0.1, 0.15) is 5.84 Å². The number of aliphatic imine (C=N–C) groups is 1. The van der Waals surface area contributed by atoms with Crippen molar-refractivity contribution < 1.29 is 18.1 Å². The number of alkyl halides is 2. The number of nitrogens with two attached hydrogens (primary N) is 1. The van der Waals surface area contributed by atoms with E-state index in [2.05, 4.69) is 15.7 Å². The second kappa shape index (κ2) is 6.52. The summed E-state index contributed by atoms with van der Waals surface area (Å²) < 4.78 is 38.5. The topological polar surface area (TPSA) is 129 Å². The van der Waals surface area contributed by atoms with Gasteiger partial charge in [0, 0.05) is 12.8 Å². The minimum absolute atomic E-state index is 0.0587. The van der Waals surface area contributed by atoms with Crippen LogP contribution in [0.1, 0.15) is 25.7 Å². The van der Waals surface area contributed by atoms with Crippen molar-refractivity contribution in [3.8, 4) is 0 Å². The fourth-order valence-corrected chi connectivity index (χ4v) is 2.36. The molecule has 2 fully saturated rings. The van der Waals surface area contributed by atoms with Gasteiger partial charge in [0.15, 0.2) is 0 Å². The molecule has 1 atom stereocenters. The molecule has 0 bridgehead atoms. The molecule has 0 aromatic rings. The number of hydrazine groups is 1. The maximum absolute atomic E-state index is 12.9. The van der Waals surface area contributed by atoms with Crippen LogP contribution in [0.2, 0.25) is 0 Å². The first kappa shape index (κ1) is 17.2. The van der Waals surface area contributed by atoms with E-state index in [9.17, 15) is 23.3 Å². The molecular weight excluding hydrogens is 317 g/mol. The maximum Gasteiger partial charge on any atom is 0.338 e. The van der Waals surface area contributed by atoms with Crippen molar-refractivity contribution in [1.82, 2.24) is 10.7 Å². The molecule has 8 nitrogen and oxygen atoms in total. The number of allylic oxidation sites excluding steroid dienone is 1. The molecule has 0 amide bonds. The first-order chi connectivity index (χ1) is 10.7. The fourth-order valence-electron chi connectivity index (χ4n) is 2.36. The molecule has 0 saturated heterocycles. The van der Waals surface area contributed by atoms with Crippen molar-refractivity contribution in [1.29, 1.82) is 5.41 Å². The van der Waals surface area contributed by atoms with E-state index in [4.69, 9.17) is 11.3 Å². The monoisotopic (exact) mass is 334 g/mol. The molecule has 0 radical (unpaired) electrons. The lowest BCUT2D eigenvalue weighted by Gasteiger charge is -2.33. The number of nitrogens with zero attached hydrogens (tertiary/aromatic N) is 2. The molecule has 0 aliphatic heterocycles. The van der Waals surface area contributed by atoms with Crippen molar-refractivity contribution in [2.45, 2.75) is 43.7 Å². The summed E-state index contributed by atoms with van der Waals surface area (Å²) in [6.07, 6.45) is 1.62. The van der Waals surface area contributed by atoms with Crippen LogP contribution in [0.25, 0.3) is 0 Å². The zero-order chi connectivity index (χ0) is 17.2. The quantitative estimate of drug-likeness (QED) is 0.182. The predicted octanol–water partition coefficient (Wildman–Crippen LogP) is 1.08. The lowest BCUT2D eigenvalue weighted by molar-refractivity contribution is -0.416. The van der Waals surface area contributed by atoms with Crippen molar-refractivity contribution in [2.75, 3.05) is 0 Å². The Hall–Kier alpha value is -2.17. The fraction of sp³-hybridized carbons (Fsp3) is 0.667. The van der Waals surface area contributed by atoms with Crippen molar-refractivity contribution in [3.05, 3.63) is 22.0 Å². The van der Waals surface area contributed by atoms with Gasteiger partial charge in [-0.15, -0.1) is 0 Å². The minimum Gasteiger partial charge on any atom is -0.375 e. The third-order valence-corrected chi connectivity index (χ3v) is 3.75. The van der Waals surface area contributed by atoms with E-state index in [1.807, 2.05) is 0 Å². The van der Waals surface area contributed by atoms with E-state index >= 15 is 0 Å². The second-order valence-electron chi connectivity index (χ2n) is 5.66. The number of amidine groups is 1. The van der Waals surface area contributed by atoms with Gasteiger partial charge in [-0.05, 0) is 18.8 Å². The lowest BCUT2D eigenvalue weighted by Crippen LogP contribution is -2.49. The van der Waals surface area contributed by atoms with Crippen LogP contribution < -0.4 is 16.6 Å². The summed E-state index contributed by atoms with van der Waals surface area (Å²) in [5.41, 5.74) is 1.30. The first-order valence-corrected chi connectivity index (χ1v) is 7.00. The number of halogens is 3. The van der Waals surface area contributed by atoms with Crippen LogP contribution in [0.5, 0.6) is 0 Å². The van der Waals surface area contributed by atoms with Crippen LogP contribution in [0.4, 0.5) is 13.2 Å². The van der Waals surface area contributed by atoms with Gasteiger partial charge in [0.05, 0.1) is 23.2 Å². The normalized spacial score (nSPS) is 23.0. The molecule has 1 unspecified atom stereocenters. The van der Waals surface area contributed by atoms with Crippen molar-refractivity contribution in [2.24, 2.45) is 16.8 Å². The molecule has 23 heavy (non-hydrogen) atoms. The summed E-state index contributed by atoms with van der Waals surface area (Å²) >= 11 is 0. The van der Waals surface area contributed by atoms with E-state index in [0.29, 0.717) is 0 Å². The van der Waals surface area contributed by atoms with Gasteiger partial charge >= 0.3 is 5.70 Å². The van der Waals surface area contributed by atoms with Gasteiger partial charge < -0.3 is 10.7 Å². The third-order valence-electron chi connectivity index (χ3n) is 3.75. The molecule has 2 rings (SSSR count). The molecule has 2 saturated carbocycles. The van der Waals surface area contributed by atoms with Crippen LogP contribution in [0.15, 0.2) is 16.9 Å². The van der Waals surface area contributed by atoms with Crippen LogP contribution >= 0.6 is 0 Å². The molecule has 0 aromatic heterocycles. The van der Waals surface area contributed by atoms with Gasteiger partial charge in [-0.1, -0.05) is 0 Å². The highest BCUT2D eigenvalue weighted by atomic mass is 19.3. The Balaban J connectivity index is 2.10. The molecule has 128 valence electrons. The predicted molar refractivity (Wildman–Crippen MR) is 76.3 cm³/mol. The highest BCUT2D eigenvalue weighted by Gasteiger charge is 2.46. The van der Waals surface area contributed by atoms with Crippen LogP contribution in [0.3, 0.4) is 0 Å². The standard InChI is InChI=1S/C12H17F3N6O2/c13-10(16)8(21(22)23)5-18-9(6-1-2-6)11(20-17)19-7-3-12(14,15)4-7/h5-7,9,16,18H,1-4,17H2,(H,19,20)/b8-5+,16-10?. The summed E-state index contributed by atoms with van der Waals surface area (Å²) in [6, 6.07) is -1.15. The second-order valence-corrected chi connectivity index (χ2v) is 5.66. The van der Waals surface area contributed by atoms with Gasteiger partial charge in [-0.2, -0.15) is 4.39 Å². The summed E-state index contributed by atoms with van der Waals surface area (Å²) in [5.74, 6) is 1.22. The Labute approximate surface area is 129 Å². The summed E-state index contributed by atoms with van der Waals surface area (Å²) in [4.78, 5) is 13.7. The molecule has 0 aromatic carbocycles. The van der Waals surface area contributed by atoms with Gasteiger partial charge in [-0.25, -0.2) is 14.6 Å². The zero-order valence-corrected chi connectivity index (χ0v) is 12.1. The van der Waals surface area contributed by atoms with Crippen LogP contribution in [-0.2, 0) is 0 Å². The first-order valence-electron chi connectivity index (χ1n) is 7.00. The SMILES string of the molecule is N=C(F)/C(=C\NC(C(=NC1CC(F)(F)C1)NN)C1CC1)[N+](=O)[O-]. The third kappa shape index (κ3) is 4.41. The average molecular weight is 334 g/mol. The number of nitrogens with one attached hydrogen (secondary N) is 3. The Morgan fingerprint density at radius 1 is 1.48 bits per heavy atom. The van der Waals surface area contributed by atoms with Crippen LogP contribution in [0, 0.1) is 21.4 Å². The van der Waals surface area contributed by atoms with E-state index in [0.717, 1.165) is 19.0 Å². The van der Waals surface area contributed by atoms with E-state index in [1.54, 1.807) is 0 Å². The minimum atomic E-state index is -2.72. The number of rotatable bonds is 7. The van der Waals surface area contributed by atoms with Gasteiger partial charge in [0.2, 0.25) is 0 Å². The molecule has 0 spiro atoms. The number of nitro groups is 1. The number of hydrogen-bond donors (Lipinski definition) is 4. The molecule has 0 heterocycles. The zero-order valence-electron chi connectivity index (χ0n) is 12.1. The van der Waals surface area contributed by atoms with E-state index in [1.165, 1.54) is 0 Å². The summed E-state index contributed by atoms with van der Waals surface area (Å²) in [6.45, 7) is 0. The van der Waals surface area contributed by atoms with Crippen molar-refractivity contribution in [3.63, 3.8) is 0 Å². The van der Waals surface area contributed by atoms with E-state index in [-0.39, 0.29) is 24.6 Å². The highest BCUT2D eigenvalue weighted by molar-refractivity contribution is 5.89. The molecule has 11 heteroatoms. The lowest BCUT2D eigenvalue weighted by atomic mass is 9.88. The Bertz CT molecular complexity index is 537. The van der Waals surface area contributed by atoms with Gasteiger partial charge in [0.25, 0.3) is 11.9 Å². The van der Waals surface area contributed by atoms with Crippen molar-refractivity contribution >= 4 is 11.8 Å². The molecule has 5 N–H and O–H groups in total. The molecule has 2 aliphatic carbocycles. The molecular formula is C12H17F3N6O2. The Morgan fingerprint density at radius 3 is 2.48 bits per heavy atom. The number of hydrogen-bond acceptors (Lipinski definition) is 6. The average Bonchev–Trinajstić information content (AvgIpc) is 3.22.